The van der Waals surface area contributed by atoms with Gasteiger partial charge in [-0.2, -0.15) is 0 Å². The molecular weight excluding hydrogens is 454 g/mol. The predicted octanol–water partition coefficient (Wildman–Crippen LogP) is 7.65. The highest BCUT2D eigenvalue weighted by Crippen LogP contribution is 2.35. The van der Waals surface area contributed by atoms with Crippen molar-refractivity contribution in [1.29, 1.82) is 0 Å². The minimum absolute atomic E-state index is 0.0491. The van der Waals surface area contributed by atoms with E-state index in [0.717, 1.165) is 0 Å². The summed E-state index contributed by atoms with van der Waals surface area (Å²) < 4.78 is 11.9. The summed E-state index contributed by atoms with van der Waals surface area (Å²) in [7, 11) is 0. The highest BCUT2D eigenvalue weighted by atomic mass is 35.5. The summed E-state index contributed by atoms with van der Waals surface area (Å²) in [6.07, 6.45) is 0. The van der Waals surface area contributed by atoms with Crippen molar-refractivity contribution in [3.05, 3.63) is 96.5 Å². The number of ether oxygens (including phenoxy) is 1. The molecule has 0 N–H and O–H groups in total. The zero-order valence-electron chi connectivity index (χ0n) is 14.7. The van der Waals surface area contributed by atoms with Gasteiger partial charge in [-0.3, -0.25) is 4.79 Å². The lowest BCUT2D eigenvalue weighted by Gasteiger charge is -2.13. The Labute approximate surface area is 186 Å². The molecule has 146 valence electrons. The molecule has 1 heterocycles. The molecule has 0 radical (unpaired) electrons. The zero-order valence-corrected chi connectivity index (χ0v) is 17.7. The first kappa shape index (κ1) is 20.1. The van der Waals surface area contributed by atoms with Gasteiger partial charge in [0.25, 0.3) is 0 Å². The molecule has 1 aromatic heterocycles. The van der Waals surface area contributed by atoms with Crippen molar-refractivity contribution in [1.82, 2.24) is 0 Å². The molecule has 4 aromatic rings. The normalized spacial score (nSPS) is 11.0. The van der Waals surface area contributed by atoms with E-state index in [4.69, 9.17) is 55.6 Å². The average molecular weight is 466 g/mol. The van der Waals surface area contributed by atoms with Gasteiger partial charge in [0.05, 0.1) is 10.4 Å². The predicted molar refractivity (Wildman–Crippen MR) is 119 cm³/mol. The van der Waals surface area contributed by atoms with Crippen molar-refractivity contribution < 1.29 is 9.15 Å². The lowest BCUT2D eigenvalue weighted by molar-refractivity contribution is 0.298. The Kier molecular flexibility index (Phi) is 5.75. The van der Waals surface area contributed by atoms with Crippen molar-refractivity contribution in [2.45, 2.75) is 6.61 Å². The summed E-state index contributed by atoms with van der Waals surface area (Å²) >= 11 is 24.5. The van der Waals surface area contributed by atoms with Crippen molar-refractivity contribution in [3.63, 3.8) is 0 Å². The van der Waals surface area contributed by atoms with Gasteiger partial charge in [-0.15, -0.1) is 0 Å². The summed E-state index contributed by atoms with van der Waals surface area (Å²) in [6, 6.07) is 17.3. The third kappa shape index (κ3) is 4.10. The molecule has 0 atom stereocenters. The second-order valence-electron chi connectivity index (χ2n) is 6.24. The van der Waals surface area contributed by atoms with E-state index in [-0.39, 0.29) is 39.5 Å². The molecule has 0 spiro atoms. The Balaban J connectivity index is 1.88. The smallest absolute Gasteiger partial charge is 0.235 e. The van der Waals surface area contributed by atoms with Gasteiger partial charge in [0, 0.05) is 26.2 Å². The van der Waals surface area contributed by atoms with Crippen LogP contribution in [0.1, 0.15) is 5.56 Å². The molecule has 0 aliphatic rings. The van der Waals surface area contributed by atoms with E-state index in [1.165, 1.54) is 12.1 Å². The van der Waals surface area contributed by atoms with Gasteiger partial charge in [0.1, 0.15) is 6.61 Å². The summed E-state index contributed by atoms with van der Waals surface area (Å²) in [6.45, 7) is 0.0560. The topological polar surface area (TPSA) is 39.4 Å². The van der Waals surface area contributed by atoms with Crippen molar-refractivity contribution >= 4 is 57.4 Å². The third-order valence-electron chi connectivity index (χ3n) is 4.29. The lowest BCUT2D eigenvalue weighted by Crippen LogP contribution is -2.10. The van der Waals surface area contributed by atoms with E-state index < -0.39 is 0 Å². The van der Waals surface area contributed by atoms with Crippen LogP contribution in [0.4, 0.5) is 0 Å². The van der Waals surface area contributed by atoms with Gasteiger partial charge in [0.15, 0.2) is 11.3 Å². The Morgan fingerprint density at radius 1 is 0.828 bits per heavy atom. The van der Waals surface area contributed by atoms with Crippen LogP contribution >= 0.6 is 46.4 Å². The molecule has 0 unspecified atom stereocenters. The third-order valence-corrected chi connectivity index (χ3v) is 5.38. The van der Waals surface area contributed by atoms with Gasteiger partial charge >= 0.3 is 0 Å². The molecule has 0 saturated carbocycles. The Morgan fingerprint density at radius 3 is 2.28 bits per heavy atom. The van der Waals surface area contributed by atoms with Crippen LogP contribution in [0.3, 0.4) is 0 Å². The fourth-order valence-corrected chi connectivity index (χ4v) is 3.90. The largest absolute Gasteiger partial charge is 0.481 e. The van der Waals surface area contributed by atoms with E-state index in [1.54, 1.807) is 18.2 Å². The van der Waals surface area contributed by atoms with Crippen LogP contribution in [0.25, 0.3) is 22.3 Å². The van der Waals surface area contributed by atoms with Crippen LogP contribution < -0.4 is 10.2 Å². The number of hydrogen-bond donors (Lipinski definition) is 0. The molecule has 3 nitrogen and oxygen atoms in total. The second-order valence-corrected chi connectivity index (χ2v) is 7.93. The molecule has 29 heavy (non-hydrogen) atoms. The van der Waals surface area contributed by atoms with Crippen molar-refractivity contribution in [3.8, 4) is 17.1 Å². The van der Waals surface area contributed by atoms with Crippen LogP contribution in [0.15, 0.2) is 69.9 Å². The maximum Gasteiger partial charge on any atom is 0.235 e. The van der Waals surface area contributed by atoms with E-state index in [2.05, 4.69) is 0 Å². The molecule has 0 aliphatic carbocycles. The molecular formula is C22H12Cl4O3. The quantitative estimate of drug-likeness (QED) is 0.310. The molecule has 0 bridgehead atoms. The molecule has 3 aromatic carbocycles. The SMILES string of the molecule is O=c1c(OCc2ccc(Cl)cc2Cl)c(-c2ccccc2)oc2c(Cl)cc(Cl)cc12. The molecule has 0 fully saturated rings. The fraction of sp³-hybridized carbons (Fsp3) is 0.0455. The van der Waals surface area contributed by atoms with Gasteiger partial charge in [0.2, 0.25) is 11.2 Å². The van der Waals surface area contributed by atoms with E-state index in [1.807, 2.05) is 30.3 Å². The second kappa shape index (κ2) is 8.29. The lowest BCUT2D eigenvalue weighted by atomic mass is 10.1. The number of rotatable bonds is 4. The molecule has 0 saturated heterocycles. The molecule has 4 rings (SSSR count). The standard InChI is InChI=1S/C22H12Cl4O3/c23-14-7-6-13(17(25)9-14)11-28-22-19(27)16-8-15(24)10-18(26)21(16)29-20(22)12-4-2-1-3-5-12/h1-10H,11H2. The maximum absolute atomic E-state index is 13.2. The number of benzene rings is 3. The van der Waals surface area contributed by atoms with Crippen LogP contribution in [0, 0.1) is 0 Å². The minimum Gasteiger partial charge on any atom is -0.481 e. The first-order valence-electron chi connectivity index (χ1n) is 8.52. The van der Waals surface area contributed by atoms with E-state index in [0.29, 0.717) is 26.2 Å². The zero-order chi connectivity index (χ0) is 20.5. The fourth-order valence-electron chi connectivity index (χ4n) is 2.91. The molecule has 0 amide bonds. The van der Waals surface area contributed by atoms with Crippen LogP contribution in [-0.2, 0) is 6.61 Å². The van der Waals surface area contributed by atoms with Gasteiger partial charge in [-0.05, 0) is 24.3 Å². The average Bonchev–Trinajstić information content (AvgIpc) is 2.69. The van der Waals surface area contributed by atoms with E-state index >= 15 is 0 Å². The Morgan fingerprint density at radius 2 is 1.55 bits per heavy atom. The minimum atomic E-state index is -0.375. The summed E-state index contributed by atoms with van der Waals surface area (Å²) in [5, 5.41) is 1.76. The van der Waals surface area contributed by atoms with Gasteiger partial charge in [-0.1, -0.05) is 82.8 Å². The Hall–Kier alpha value is -2.17. The first-order valence-corrected chi connectivity index (χ1v) is 10.0. The van der Waals surface area contributed by atoms with Crippen LogP contribution in [0.5, 0.6) is 5.75 Å². The number of hydrogen-bond acceptors (Lipinski definition) is 3. The van der Waals surface area contributed by atoms with Crippen molar-refractivity contribution in [2.24, 2.45) is 0 Å². The summed E-state index contributed by atoms with van der Waals surface area (Å²) in [5.41, 5.74) is 1.23. The summed E-state index contributed by atoms with van der Waals surface area (Å²) in [5.74, 6) is 0.324. The Bertz CT molecular complexity index is 1270. The van der Waals surface area contributed by atoms with Gasteiger partial charge < -0.3 is 9.15 Å². The van der Waals surface area contributed by atoms with Crippen molar-refractivity contribution in [2.75, 3.05) is 0 Å². The van der Waals surface area contributed by atoms with Gasteiger partial charge in [-0.25, -0.2) is 0 Å². The highest BCUT2D eigenvalue weighted by Gasteiger charge is 2.20. The van der Waals surface area contributed by atoms with Crippen LogP contribution in [-0.4, -0.2) is 0 Å². The number of halogens is 4. The maximum atomic E-state index is 13.2. The number of fused-ring (bicyclic) bond motifs is 1. The van der Waals surface area contributed by atoms with E-state index in [9.17, 15) is 4.79 Å². The molecule has 7 heteroatoms. The molecule has 0 aliphatic heterocycles. The summed E-state index contributed by atoms with van der Waals surface area (Å²) in [4.78, 5) is 13.2. The monoisotopic (exact) mass is 464 g/mol. The van der Waals surface area contributed by atoms with Crippen LogP contribution in [0.2, 0.25) is 20.1 Å². The highest BCUT2D eigenvalue weighted by molar-refractivity contribution is 6.38. The first-order chi connectivity index (χ1) is 13.9.